The average Bonchev–Trinajstić information content (AvgIpc) is 3.55. The highest BCUT2D eigenvalue weighted by molar-refractivity contribution is 6.09. The summed E-state index contributed by atoms with van der Waals surface area (Å²) in [5, 5.41) is 21.5. The third-order valence-corrected chi connectivity index (χ3v) is 7.18. The Hall–Kier alpha value is -3.70. The molecule has 0 aliphatic carbocycles. The lowest BCUT2D eigenvalue weighted by molar-refractivity contribution is -0.112. The standard InChI is InChI=1S/C28H32N6O2/c1-19-14-22(20(2)34(19)18-25-10-7-13-36-25)15-23(17-29)28(35)30-24-9-6-8-21(16-24)27-32-31-26-11-4-3-5-12-33(26)27/h6,8-9,14-16,25H,3-5,7,10-13,18H2,1-2H3,(H,30,35)/b23-15+. The minimum atomic E-state index is -0.432. The largest absolute Gasteiger partial charge is 0.376 e. The van der Waals surface area contributed by atoms with Crippen LogP contribution in [0.25, 0.3) is 17.5 Å². The summed E-state index contributed by atoms with van der Waals surface area (Å²) in [4.78, 5) is 13.0. The van der Waals surface area contributed by atoms with Crippen LogP contribution in [0.4, 0.5) is 5.69 Å². The number of carbonyl (C=O) groups excluding carboxylic acids is 1. The summed E-state index contributed by atoms with van der Waals surface area (Å²) in [6, 6.07) is 11.7. The number of nitrogens with zero attached hydrogens (tertiary/aromatic N) is 5. The number of amides is 1. The second kappa shape index (κ2) is 10.5. The van der Waals surface area contributed by atoms with Crippen molar-refractivity contribution in [2.24, 2.45) is 0 Å². The first kappa shape index (κ1) is 24.0. The monoisotopic (exact) mass is 484 g/mol. The Kier molecular flexibility index (Phi) is 7.01. The van der Waals surface area contributed by atoms with E-state index in [9.17, 15) is 10.1 Å². The Morgan fingerprint density at radius 2 is 2.11 bits per heavy atom. The molecule has 1 atom stereocenters. The number of hydrogen-bond donors (Lipinski definition) is 1. The molecule has 1 aromatic carbocycles. The van der Waals surface area contributed by atoms with Gasteiger partial charge in [-0.2, -0.15) is 5.26 Å². The van der Waals surface area contributed by atoms with E-state index >= 15 is 0 Å². The van der Waals surface area contributed by atoms with Crippen LogP contribution in [0.15, 0.2) is 35.9 Å². The fourth-order valence-electron chi connectivity index (χ4n) is 5.18. The second-order valence-corrected chi connectivity index (χ2v) is 9.68. The number of nitriles is 1. The molecule has 1 saturated heterocycles. The van der Waals surface area contributed by atoms with Gasteiger partial charge >= 0.3 is 0 Å². The van der Waals surface area contributed by atoms with Crippen molar-refractivity contribution in [1.82, 2.24) is 19.3 Å². The van der Waals surface area contributed by atoms with Gasteiger partial charge in [-0.3, -0.25) is 4.79 Å². The number of nitrogens with one attached hydrogen (secondary N) is 1. The van der Waals surface area contributed by atoms with Crippen molar-refractivity contribution in [3.63, 3.8) is 0 Å². The molecule has 1 N–H and O–H groups in total. The maximum Gasteiger partial charge on any atom is 0.266 e. The molecule has 0 spiro atoms. The number of carbonyl (C=O) groups is 1. The molecule has 8 nitrogen and oxygen atoms in total. The van der Waals surface area contributed by atoms with Crippen molar-refractivity contribution in [2.45, 2.75) is 71.6 Å². The predicted octanol–water partition coefficient (Wildman–Crippen LogP) is 4.81. The van der Waals surface area contributed by atoms with E-state index in [1.165, 1.54) is 6.42 Å². The number of ether oxygens (including phenoxy) is 1. The van der Waals surface area contributed by atoms with E-state index in [-0.39, 0.29) is 11.7 Å². The molecule has 3 aromatic rings. The number of benzene rings is 1. The van der Waals surface area contributed by atoms with Gasteiger partial charge in [0.15, 0.2) is 5.82 Å². The smallest absolute Gasteiger partial charge is 0.266 e. The van der Waals surface area contributed by atoms with Gasteiger partial charge in [0.2, 0.25) is 0 Å². The SMILES string of the molecule is Cc1cc(/C=C(\C#N)C(=O)Nc2cccc(-c3nnc4n3CCCCC4)c2)c(C)n1CC1CCCO1. The highest BCUT2D eigenvalue weighted by Crippen LogP contribution is 2.26. The lowest BCUT2D eigenvalue weighted by Crippen LogP contribution is -2.17. The molecule has 5 rings (SSSR count). The molecule has 0 radical (unpaired) electrons. The molecular formula is C28H32N6O2. The zero-order valence-electron chi connectivity index (χ0n) is 21.0. The second-order valence-electron chi connectivity index (χ2n) is 9.68. The third-order valence-electron chi connectivity index (χ3n) is 7.18. The first-order valence-electron chi connectivity index (χ1n) is 12.8. The van der Waals surface area contributed by atoms with Gasteiger partial charge in [-0.05, 0) is 69.4 Å². The summed E-state index contributed by atoms with van der Waals surface area (Å²) in [5.74, 6) is 1.40. The first-order valence-corrected chi connectivity index (χ1v) is 12.8. The molecule has 2 aliphatic heterocycles. The molecular weight excluding hydrogens is 452 g/mol. The van der Waals surface area contributed by atoms with Gasteiger partial charge in [0.1, 0.15) is 17.5 Å². The quantitative estimate of drug-likeness (QED) is 0.400. The molecule has 186 valence electrons. The maximum absolute atomic E-state index is 13.0. The van der Waals surface area contributed by atoms with E-state index in [4.69, 9.17) is 4.74 Å². The van der Waals surface area contributed by atoms with E-state index in [1.807, 2.05) is 44.2 Å². The van der Waals surface area contributed by atoms with Gasteiger partial charge in [-0.15, -0.1) is 10.2 Å². The topological polar surface area (TPSA) is 97.8 Å². The number of rotatable bonds is 6. The Balaban J connectivity index is 1.34. The van der Waals surface area contributed by atoms with Gasteiger partial charge in [0, 0.05) is 48.8 Å². The Morgan fingerprint density at radius 1 is 1.22 bits per heavy atom. The van der Waals surface area contributed by atoms with Crippen molar-refractivity contribution in [3.05, 3.63) is 58.7 Å². The number of aromatic nitrogens is 4. The molecule has 1 fully saturated rings. The number of fused-ring (bicyclic) bond motifs is 1. The van der Waals surface area contributed by atoms with Gasteiger partial charge < -0.3 is 19.2 Å². The van der Waals surface area contributed by atoms with Crippen LogP contribution in [-0.4, -0.2) is 37.9 Å². The minimum absolute atomic E-state index is 0.0640. The Labute approximate surface area is 211 Å². The van der Waals surface area contributed by atoms with Crippen molar-refractivity contribution in [1.29, 1.82) is 5.26 Å². The molecule has 36 heavy (non-hydrogen) atoms. The van der Waals surface area contributed by atoms with E-state index in [1.54, 1.807) is 6.08 Å². The minimum Gasteiger partial charge on any atom is -0.376 e. The van der Waals surface area contributed by atoms with Crippen LogP contribution >= 0.6 is 0 Å². The highest BCUT2D eigenvalue weighted by Gasteiger charge is 2.20. The van der Waals surface area contributed by atoms with Gasteiger partial charge in [0.05, 0.1) is 6.10 Å². The molecule has 2 aromatic heterocycles. The molecule has 4 heterocycles. The molecule has 0 bridgehead atoms. The van der Waals surface area contributed by atoms with Crippen LogP contribution in [-0.2, 0) is 29.0 Å². The summed E-state index contributed by atoms with van der Waals surface area (Å²) >= 11 is 0. The van der Waals surface area contributed by atoms with Crippen molar-refractivity contribution < 1.29 is 9.53 Å². The highest BCUT2D eigenvalue weighted by atomic mass is 16.5. The molecule has 8 heteroatoms. The zero-order valence-corrected chi connectivity index (χ0v) is 21.0. The predicted molar refractivity (Wildman–Crippen MR) is 138 cm³/mol. The molecule has 0 saturated carbocycles. The van der Waals surface area contributed by atoms with Crippen LogP contribution in [0.3, 0.4) is 0 Å². The number of aryl methyl sites for hydroxylation is 2. The normalized spacial score (nSPS) is 17.9. The van der Waals surface area contributed by atoms with Crippen LogP contribution < -0.4 is 5.32 Å². The van der Waals surface area contributed by atoms with Crippen LogP contribution in [0, 0.1) is 25.2 Å². The van der Waals surface area contributed by atoms with Crippen LogP contribution in [0.1, 0.15) is 54.9 Å². The Bertz CT molecular complexity index is 1340. The maximum atomic E-state index is 13.0. The van der Waals surface area contributed by atoms with Crippen molar-refractivity contribution in [3.8, 4) is 17.5 Å². The van der Waals surface area contributed by atoms with Crippen LogP contribution in [0.5, 0.6) is 0 Å². The summed E-state index contributed by atoms with van der Waals surface area (Å²) in [7, 11) is 0. The van der Waals surface area contributed by atoms with Gasteiger partial charge in [-0.25, -0.2) is 0 Å². The molecule has 1 amide bonds. The third kappa shape index (κ3) is 4.98. The fourth-order valence-corrected chi connectivity index (χ4v) is 5.18. The van der Waals surface area contributed by atoms with Gasteiger partial charge in [-0.1, -0.05) is 18.6 Å². The van der Waals surface area contributed by atoms with Crippen molar-refractivity contribution >= 4 is 17.7 Å². The van der Waals surface area contributed by atoms with Gasteiger partial charge in [0.25, 0.3) is 5.91 Å². The lowest BCUT2D eigenvalue weighted by Gasteiger charge is -2.14. The summed E-state index contributed by atoms with van der Waals surface area (Å²) in [6.45, 7) is 6.57. The zero-order chi connectivity index (χ0) is 25.1. The van der Waals surface area contributed by atoms with E-state index in [0.717, 1.165) is 86.0 Å². The lowest BCUT2D eigenvalue weighted by atomic mass is 10.1. The van der Waals surface area contributed by atoms with Crippen molar-refractivity contribution in [2.75, 3.05) is 11.9 Å². The molecule has 2 aliphatic rings. The van der Waals surface area contributed by atoms with Crippen LogP contribution in [0.2, 0.25) is 0 Å². The summed E-state index contributed by atoms with van der Waals surface area (Å²) in [5.41, 5.74) is 4.57. The van der Waals surface area contributed by atoms with E-state index in [0.29, 0.717) is 5.69 Å². The summed E-state index contributed by atoms with van der Waals surface area (Å²) in [6.07, 6.45) is 8.42. The average molecular weight is 485 g/mol. The number of hydrogen-bond acceptors (Lipinski definition) is 5. The first-order chi connectivity index (χ1) is 17.5. The number of anilines is 1. The Morgan fingerprint density at radius 3 is 2.92 bits per heavy atom. The van der Waals surface area contributed by atoms with E-state index < -0.39 is 5.91 Å². The summed E-state index contributed by atoms with van der Waals surface area (Å²) < 4.78 is 10.2. The fraction of sp³-hybridized carbons (Fsp3) is 0.429. The van der Waals surface area contributed by atoms with E-state index in [2.05, 4.69) is 30.7 Å². The molecule has 1 unspecified atom stereocenters.